The number of nitrogens with zero attached hydrogens (tertiary/aromatic N) is 1. The molecule has 0 saturated heterocycles. The first-order valence-corrected chi connectivity index (χ1v) is 5.57. The quantitative estimate of drug-likeness (QED) is 0.652. The number of hydrogen-bond donors (Lipinski definition) is 1. The minimum Gasteiger partial charge on any atom is -0.376 e. The minimum absolute atomic E-state index is 0.220. The van der Waals surface area contributed by atoms with E-state index in [9.17, 15) is 17.6 Å². The van der Waals surface area contributed by atoms with Crippen LogP contribution < -0.4 is 5.32 Å². The van der Waals surface area contributed by atoms with Crippen molar-refractivity contribution in [2.24, 2.45) is 10.8 Å². The fraction of sp³-hybridized carbons (Fsp3) is 0.583. The summed E-state index contributed by atoms with van der Waals surface area (Å²) in [7, 11) is 0. The zero-order valence-corrected chi connectivity index (χ0v) is 10.5. The van der Waals surface area contributed by atoms with Crippen LogP contribution in [0.3, 0.4) is 0 Å². The Morgan fingerprint density at radius 2 is 1.28 bits per heavy atom. The second-order valence-electron chi connectivity index (χ2n) is 5.72. The van der Waals surface area contributed by atoms with E-state index in [-0.39, 0.29) is 16.9 Å². The van der Waals surface area contributed by atoms with E-state index in [1.807, 2.05) is 27.7 Å². The number of pyridine rings is 1. The van der Waals surface area contributed by atoms with Crippen molar-refractivity contribution in [2.45, 2.75) is 33.7 Å². The van der Waals surface area contributed by atoms with Gasteiger partial charge in [-0.05, 0) is 10.8 Å². The lowest BCUT2D eigenvalue weighted by Gasteiger charge is -2.10. The highest BCUT2D eigenvalue weighted by molar-refractivity contribution is 5.50. The topological polar surface area (TPSA) is 24.9 Å². The largest absolute Gasteiger partial charge is 0.376 e. The molecule has 18 heavy (non-hydrogen) atoms. The van der Waals surface area contributed by atoms with E-state index >= 15 is 0 Å². The molecule has 1 N–H and O–H groups in total. The molecule has 0 aromatic carbocycles. The van der Waals surface area contributed by atoms with Crippen LogP contribution in [0.15, 0.2) is 0 Å². The fourth-order valence-corrected chi connectivity index (χ4v) is 2.32. The van der Waals surface area contributed by atoms with Crippen LogP contribution in [0.5, 0.6) is 0 Å². The van der Waals surface area contributed by atoms with Crippen LogP contribution in [-0.4, -0.2) is 11.0 Å². The lowest BCUT2D eigenvalue weighted by molar-refractivity contribution is 0.410. The van der Waals surface area contributed by atoms with E-state index < -0.39 is 29.2 Å². The van der Waals surface area contributed by atoms with Crippen molar-refractivity contribution < 1.29 is 17.6 Å². The first-order chi connectivity index (χ1) is 8.10. The van der Waals surface area contributed by atoms with Gasteiger partial charge in [-0.15, -0.1) is 0 Å². The van der Waals surface area contributed by atoms with E-state index in [4.69, 9.17) is 0 Å². The summed E-state index contributed by atoms with van der Waals surface area (Å²) < 4.78 is 52.7. The maximum Gasteiger partial charge on any atom is 0.253 e. The van der Waals surface area contributed by atoms with Crippen molar-refractivity contribution >= 4 is 5.69 Å². The van der Waals surface area contributed by atoms with Gasteiger partial charge in [0.25, 0.3) is 11.9 Å². The highest BCUT2D eigenvalue weighted by atomic mass is 19.2. The normalized spacial score (nSPS) is 20.9. The predicted molar refractivity (Wildman–Crippen MR) is 59.0 cm³/mol. The molecule has 2 nitrogen and oxygen atoms in total. The maximum absolute atomic E-state index is 13.4. The SMILES string of the molecule is CC1(C)C(Nc2c(F)c(F)nc(F)c2F)C1(C)C. The standard InChI is InChI=1S/C12H14F4N2/c1-11(2)10(12(11,3)4)17-7-5(13)8(15)18-9(16)6(7)14/h10H,1-4H3,(H,17,18). The third-order valence-corrected chi connectivity index (χ3v) is 4.31. The zero-order chi connectivity index (χ0) is 13.9. The Morgan fingerprint density at radius 3 is 1.61 bits per heavy atom. The molecule has 0 bridgehead atoms. The summed E-state index contributed by atoms with van der Waals surface area (Å²) in [6.07, 6.45) is 0. The molecule has 0 radical (unpaired) electrons. The zero-order valence-electron chi connectivity index (χ0n) is 10.5. The monoisotopic (exact) mass is 262 g/mol. The lowest BCUT2D eigenvalue weighted by atomic mass is 10.0. The summed E-state index contributed by atoms with van der Waals surface area (Å²) in [6, 6.07) is -0.268. The molecule has 0 aliphatic heterocycles. The molecule has 1 saturated carbocycles. The van der Waals surface area contributed by atoms with Crippen LogP contribution in [0.1, 0.15) is 27.7 Å². The third-order valence-electron chi connectivity index (χ3n) is 4.31. The van der Waals surface area contributed by atoms with E-state index in [2.05, 4.69) is 10.3 Å². The van der Waals surface area contributed by atoms with Crippen LogP contribution in [0.25, 0.3) is 0 Å². The molecule has 100 valence electrons. The van der Waals surface area contributed by atoms with Gasteiger partial charge in [0.05, 0.1) is 0 Å². The third kappa shape index (κ3) is 1.58. The van der Waals surface area contributed by atoms with E-state index in [1.165, 1.54) is 0 Å². The summed E-state index contributed by atoms with van der Waals surface area (Å²) in [6.45, 7) is 7.64. The van der Waals surface area contributed by atoms with Crippen LogP contribution in [0, 0.1) is 34.4 Å². The summed E-state index contributed by atoms with van der Waals surface area (Å²) in [4.78, 5) is 2.51. The van der Waals surface area contributed by atoms with Gasteiger partial charge in [-0.3, -0.25) is 0 Å². The Balaban J connectivity index is 2.38. The summed E-state index contributed by atoms with van der Waals surface area (Å²) in [5.74, 6) is -6.28. The predicted octanol–water partition coefficient (Wildman–Crippen LogP) is 3.48. The summed E-state index contributed by atoms with van der Waals surface area (Å²) in [5, 5.41) is 2.54. The average Bonchev–Trinajstić information content (AvgIpc) is 2.63. The van der Waals surface area contributed by atoms with Crippen molar-refractivity contribution in [3.05, 3.63) is 23.5 Å². The first kappa shape index (κ1) is 13.1. The summed E-state index contributed by atoms with van der Waals surface area (Å²) >= 11 is 0. The second-order valence-corrected chi connectivity index (χ2v) is 5.72. The van der Waals surface area contributed by atoms with Gasteiger partial charge in [0, 0.05) is 6.04 Å². The second kappa shape index (κ2) is 3.59. The van der Waals surface area contributed by atoms with E-state index in [0.717, 1.165) is 0 Å². The van der Waals surface area contributed by atoms with Gasteiger partial charge < -0.3 is 5.32 Å². The molecule has 6 heteroatoms. The van der Waals surface area contributed by atoms with Gasteiger partial charge in [0.1, 0.15) is 5.69 Å². The fourth-order valence-electron chi connectivity index (χ4n) is 2.32. The number of anilines is 1. The Hall–Kier alpha value is -1.33. The molecule has 1 aliphatic rings. The molecule has 1 aliphatic carbocycles. The molecule has 0 atom stereocenters. The van der Waals surface area contributed by atoms with Crippen molar-refractivity contribution in [3.8, 4) is 0 Å². The molecule has 0 spiro atoms. The number of aromatic nitrogens is 1. The maximum atomic E-state index is 13.4. The van der Waals surface area contributed by atoms with Crippen LogP contribution in [-0.2, 0) is 0 Å². The Morgan fingerprint density at radius 1 is 0.889 bits per heavy atom. The Labute approximate surface area is 102 Å². The molecule has 1 aromatic rings. The number of nitrogens with one attached hydrogen (secondary N) is 1. The van der Waals surface area contributed by atoms with Crippen molar-refractivity contribution in [2.75, 3.05) is 5.32 Å². The van der Waals surface area contributed by atoms with E-state index in [1.54, 1.807) is 0 Å². The van der Waals surface area contributed by atoms with Gasteiger partial charge in [0.2, 0.25) is 11.6 Å². The van der Waals surface area contributed by atoms with Crippen molar-refractivity contribution in [3.63, 3.8) is 0 Å². The van der Waals surface area contributed by atoms with Crippen molar-refractivity contribution in [1.29, 1.82) is 0 Å². The molecule has 0 unspecified atom stereocenters. The lowest BCUT2D eigenvalue weighted by Crippen LogP contribution is -2.15. The van der Waals surface area contributed by atoms with Gasteiger partial charge >= 0.3 is 0 Å². The minimum atomic E-state index is -1.65. The molecular weight excluding hydrogens is 248 g/mol. The van der Waals surface area contributed by atoms with Crippen LogP contribution in [0.2, 0.25) is 0 Å². The van der Waals surface area contributed by atoms with Crippen LogP contribution >= 0.6 is 0 Å². The highest BCUT2D eigenvalue weighted by Crippen LogP contribution is 2.63. The summed E-state index contributed by atoms with van der Waals surface area (Å²) in [5.41, 5.74) is -1.23. The first-order valence-electron chi connectivity index (χ1n) is 5.57. The van der Waals surface area contributed by atoms with Gasteiger partial charge in [-0.1, -0.05) is 27.7 Å². The smallest absolute Gasteiger partial charge is 0.253 e. The molecule has 1 aromatic heterocycles. The van der Waals surface area contributed by atoms with E-state index in [0.29, 0.717) is 0 Å². The Kier molecular flexibility index (Phi) is 2.61. The van der Waals surface area contributed by atoms with Crippen LogP contribution in [0.4, 0.5) is 23.2 Å². The molecule has 0 amide bonds. The Bertz CT molecular complexity index is 471. The molecule has 1 heterocycles. The highest BCUT2D eigenvalue weighted by Gasteiger charge is 2.65. The van der Waals surface area contributed by atoms with Gasteiger partial charge in [-0.2, -0.15) is 22.5 Å². The average molecular weight is 262 g/mol. The van der Waals surface area contributed by atoms with Gasteiger partial charge in [-0.25, -0.2) is 0 Å². The number of rotatable bonds is 2. The van der Waals surface area contributed by atoms with Gasteiger partial charge in [0.15, 0.2) is 0 Å². The number of halogens is 4. The molecule has 1 fully saturated rings. The molecular formula is C12H14F4N2. The number of hydrogen-bond acceptors (Lipinski definition) is 2. The molecule has 2 rings (SSSR count). The van der Waals surface area contributed by atoms with Crippen molar-refractivity contribution in [1.82, 2.24) is 4.98 Å².